The van der Waals surface area contributed by atoms with Gasteiger partial charge in [0.1, 0.15) is 0 Å². The average Bonchev–Trinajstić information content (AvgIpc) is 2.43. The third-order valence-electron chi connectivity index (χ3n) is 3.17. The highest BCUT2D eigenvalue weighted by molar-refractivity contribution is 5.14. The maximum atomic E-state index is 6.23. The molecular weight excluding hydrogens is 174 g/mol. The first kappa shape index (κ1) is 9.71. The van der Waals surface area contributed by atoms with Crippen molar-refractivity contribution in [3.63, 3.8) is 0 Å². The third kappa shape index (κ3) is 1.69. The number of hydrogen-bond donors (Lipinski definition) is 1. The fourth-order valence-electron chi connectivity index (χ4n) is 2.18. The molecule has 14 heavy (non-hydrogen) atoms. The molecule has 0 spiro atoms. The summed E-state index contributed by atoms with van der Waals surface area (Å²) in [5.41, 5.74) is 8.70. The van der Waals surface area contributed by atoms with Gasteiger partial charge >= 0.3 is 0 Å². The Morgan fingerprint density at radius 3 is 2.79 bits per heavy atom. The van der Waals surface area contributed by atoms with Crippen molar-refractivity contribution in [2.45, 2.75) is 51.6 Å². The fourth-order valence-corrected chi connectivity index (χ4v) is 2.18. The van der Waals surface area contributed by atoms with Crippen molar-refractivity contribution >= 4 is 0 Å². The number of nitrogens with two attached hydrogens (primary N) is 1. The van der Waals surface area contributed by atoms with Crippen LogP contribution >= 0.6 is 0 Å². The minimum atomic E-state index is 0.0688. The highest BCUT2D eigenvalue weighted by Crippen LogP contribution is 2.32. The van der Waals surface area contributed by atoms with Gasteiger partial charge in [-0.1, -0.05) is 0 Å². The van der Waals surface area contributed by atoms with Gasteiger partial charge in [-0.25, -0.2) is 0 Å². The molecule has 0 unspecified atom stereocenters. The van der Waals surface area contributed by atoms with Crippen LogP contribution in [0.15, 0.2) is 6.07 Å². The molecule has 2 rings (SSSR count). The van der Waals surface area contributed by atoms with Gasteiger partial charge in [0.25, 0.3) is 0 Å². The van der Waals surface area contributed by atoms with Crippen LogP contribution in [0.4, 0.5) is 0 Å². The third-order valence-corrected chi connectivity index (χ3v) is 3.17. The summed E-state index contributed by atoms with van der Waals surface area (Å²) in [7, 11) is 0. The molecule has 78 valence electrons. The van der Waals surface area contributed by atoms with Crippen LogP contribution in [0.25, 0.3) is 0 Å². The minimum absolute atomic E-state index is 0.0688. The van der Waals surface area contributed by atoms with Crippen molar-refractivity contribution in [3.05, 3.63) is 17.5 Å². The van der Waals surface area contributed by atoms with Crippen LogP contribution in [0, 0.1) is 6.92 Å². The van der Waals surface area contributed by atoms with E-state index >= 15 is 0 Å². The van der Waals surface area contributed by atoms with E-state index in [0.29, 0.717) is 0 Å². The predicted octanol–water partition coefficient (Wildman–Crippen LogP) is 1.64. The molecule has 3 heteroatoms. The van der Waals surface area contributed by atoms with Crippen LogP contribution < -0.4 is 5.73 Å². The number of aryl methyl sites for hydroxylation is 2. The predicted molar refractivity (Wildman–Crippen MR) is 57.1 cm³/mol. The Bertz CT molecular complexity index is 323. The molecular formula is C11H19N3. The van der Waals surface area contributed by atoms with Crippen molar-refractivity contribution in [2.75, 3.05) is 0 Å². The Hall–Kier alpha value is -0.830. The molecule has 0 radical (unpaired) electrons. The van der Waals surface area contributed by atoms with E-state index in [0.717, 1.165) is 18.7 Å². The molecule has 1 saturated carbocycles. The molecule has 1 aliphatic rings. The van der Waals surface area contributed by atoms with Gasteiger partial charge in [-0.05, 0) is 39.2 Å². The van der Waals surface area contributed by atoms with Crippen molar-refractivity contribution in [1.82, 2.24) is 9.78 Å². The zero-order valence-electron chi connectivity index (χ0n) is 9.08. The van der Waals surface area contributed by atoms with Crippen LogP contribution in [0.1, 0.15) is 37.6 Å². The summed E-state index contributed by atoms with van der Waals surface area (Å²) in [4.78, 5) is 0. The number of nitrogens with zero attached hydrogens (tertiary/aromatic N) is 2. The molecule has 1 aromatic heterocycles. The molecule has 1 aliphatic carbocycles. The van der Waals surface area contributed by atoms with Crippen LogP contribution in [-0.2, 0) is 13.0 Å². The second-order valence-electron chi connectivity index (χ2n) is 4.49. The lowest BCUT2D eigenvalue weighted by Gasteiger charge is -2.38. The number of hydrogen-bond acceptors (Lipinski definition) is 2. The fraction of sp³-hybridized carbons (Fsp3) is 0.727. The van der Waals surface area contributed by atoms with Gasteiger partial charge in [0.05, 0.1) is 5.69 Å². The normalized spacial score (nSPS) is 19.4. The van der Waals surface area contributed by atoms with Crippen LogP contribution in [0.5, 0.6) is 0 Å². The van der Waals surface area contributed by atoms with Crippen molar-refractivity contribution in [1.29, 1.82) is 0 Å². The van der Waals surface area contributed by atoms with Crippen LogP contribution in [0.3, 0.4) is 0 Å². The molecule has 0 saturated heterocycles. The molecule has 0 amide bonds. The standard InChI is InChI=1S/C11H19N3/c1-3-14-10(7-9(2)13-14)8-11(12)5-4-6-11/h7H,3-6,8,12H2,1-2H3. The smallest absolute Gasteiger partial charge is 0.0596 e. The van der Waals surface area contributed by atoms with Gasteiger partial charge in [0.2, 0.25) is 0 Å². The van der Waals surface area contributed by atoms with Crippen LogP contribution in [-0.4, -0.2) is 15.3 Å². The largest absolute Gasteiger partial charge is 0.325 e. The molecule has 0 bridgehead atoms. The van der Waals surface area contributed by atoms with Crippen molar-refractivity contribution in [2.24, 2.45) is 5.73 Å². The maximum absolute atomic E-state index is 6.23. The summed E-state index contributed by atoms with van der Waals surface area (Å²) < 4.78 is 2.07. The van der Waals surface area contributed by atoms with E-state index < -0.39 is 0 Å². The molecule has 1 fully saturated rings. The van der Waals surface area contributed by atoms with E-state index in [1.807, 2.05) is 6.92 Å². The lowest BCUT2D eigenvalue weighted by atomic mass is 9.74. The van der Waals surface area contributed by atoms with E-state index in [1.54, 1.807) is 0 Å². The highest BCUT2D eigenvalue weighted by Gasteiger charge is 2.33. The topological polar surface area (TPSA) is 43.8 Å². The zero-order chi connectivity index (χ0) is 10.2. The van der Waals surface area contributed by atoms with E-state index in [4.69, 9.17) is 5.73 Å². The Kier molecular flexibility index (Phi) is 2.35. The van der Waals surface area contributed by atoms with Gasteiger partial charge in [-0.3, -0.25) is 4.68 Å². The number of aromatic nitrogens is 2. The maximum Gasteiger partial charge on any atom is 0.0596 e. The molecule has 0 atom stereocenters. The Morgan fingerprint density at radius 1 is 1.57 bits per heavy atom. The zero-order valence-corrected chi connectivity index (χ0v) is 9.08. The van der Waals surface area contributed by atoms with Gasteiger partial charge in [0.15, 0.2) is 0 Å². The molecule has 0 aliphatic heterocycles. The first-order valence-corrected chi connectivity index (χ1v) is 5.45. The van der Waals surface area contributed by atoms with Crippen LogP contribution in [0.2, 0.25) is 0 Å². The second-order valence-corrected chi connectivity index (χ2v) is 4.49. The first-order valence-electron chi connectivity index (χ1n) is 5.45. The Balaban J connectivity index is 2.14. The first-order chi connectivity index (χ1) is 6.63. The summed E-state index contributed by atoms with van der Waals surface area (Å²) in [5.74, 6) is 0. The van der Waals surface area contributed by atoms with Gasteiger partial charge in [0, 0.05) is 24.2 Å². The number of rotatable bonds is 3. The second kappa shape index (κ2) is 3.39. The van der Waals surface area contributed by atoms with Gasteiger partial charge < -0.3 is 5.73 Å². The average molecular weight is 193 g/mol. The minimum Gasteiger partial charge on any atom is -0.325 e. The molecule has 2 N–H and O–H groups in total. The monoisotopic (exact) mass is 193 g/mol. The lowest BCUT2D eigenvalue weighted by Crippen LogP contribution is -2.48. The van der Waals surface area contributed by atoms with E-state index in [2.05, 4.69) is 22.8 Å². The molecule has 0 aromatic carbocycles. The molecule has 1 heterocycles. The van der Waals surface area contributed by atoms with E-state index in [9.17, 15) is 0 Å². The van der Waals surface area contributed by atoms with Crippen molar-refractivity contribution < 1.29 is 0 Å². The Labute approximate surface area is 85.3 Å². The highest BCUT2D eigenvalue weighted by atomic mass is 15.3. The summed E-state index contributed by atoms with van der Waals surface area (Å²) in [6.45, 7) is 5.11. The van der Waals surface area contributed by atoms with Crippen molar-refractivity contribution in [3.8, 4) is 0 Å². The lowest BCUT2D eigenvalue weighted by molar-refractivity contribution is 0.242. The van der Waals surface area contributed by atoms with Gasteiger partial charge in [-0.2, -0.15) is 5.10 Å². The van der Waals surface area contributed by atoms with Gasteiger partial charge in [-0.15, -0.1) is 0 Å². The summed E-state index contributed by atoms with van der Waals surface area (Å²) in [6.07, 6.45) is 4.61. The summed E-state index contributed by atoms with van der Waals surface area (Å²) >= 11 is 0. The molecule has 3 nitrogen and oxygen atoms in total. The summed E-state index contributed by atoms with van der Waals surface area (Å²) in [6, 6.07) is 2.16. The van der Waals surface area contributed by atoms with E-state index in [-0.39, 0.29) is 5.54 Å². The quantitative estimate of drug-likeness (QED) is 0.793. The Morgan fingerprint density at radius 2 is 2.29 bits per heavy atom. The summed E-state index contributed by atoms with van der Waals surface area (Å²) in [5, 5.41) is 4.43. The SMILES string of the molecule is CCn1nc(C)cc1CC1(N)CCC1. The molecule has 1 aromatic rings. The van der Waals surface area contributed by atoms with E-state index in [1.165, 1.54) is 25.0 Å².